The predicted octanol–water partition coefficient (Wildman–Crippen LogP) is 3.18. The van der Waals surface area contributed by atoms with Crippen LogP contribution in [-0.2, 0) is 10.0 Å². The Balaban J connectivity index is 2.15. The van der Waals surface area contributed by atoms with Gasteiger partial charge in [0, 0.05) is 10.0 Å². The Morgan fingerprint density at radius 2 is 1.81 bits per heavy atom. The maximum Gasteiger partial charge on any atom is 0.266 e. The molecule has 0 saturated heterocycles. The number of amides is 1. The molecule has 9 heteroatoms. The van der Waals surface area contributed by atoms with Crippen molar-refractivity contribution in [1.29, 1.82) is 0 Å². The molecule has 0 aliphatic heterocycles. The van der Waals surface area contributed by atoms with E-state index in [0.29, 0.717) is 16.0 Å². The molecule has 27 heavy (non-hydrogen) atoms. The van der Waals surface area contributed by atoms with Crippen molar-refractivity contribution in [2.75, 3.05) is 7.11 Å². The summed E-state index contributed by atoms with van der Waals surface area (Å²) in [7, 11) is -2.48. The summed E-state index contributed by atoms with van der Waals surface area (Å²) in [6, 6.07) is 9.39. The maximum atomic E-state index is 12.4. The fourth-order valence-electron chi connectivity index (χ4n) is 2.22. The lowest BCUT2D eigenvalue weighted by atomic mass is 10.2. The molecule has 2 aromatic rings. The maximum absolute atomic E-state index is 12.4. The van der Waals surface area contributed by atoms with Gasteiger partial charge in [-0.2, -0.15) is 0 Å². The zero-order valence-corrected chi connectivity index (χ0v) is 17.8. The number of benzene rings is 2. The van der Waals surface area contributed by atoms with Gasteiger partial charge in [-0.15, -0.1) is 4.83 Å². The van der Waals surface area contributed by atoms with Gasteiger partial charge < -0.3 is 9.47 Å². The number of hydrazine groups is 1. The minimum Gasteiger partial charge on any atom is -0.493 e. The highest BCUT2D eigenvalue weighted by Crippen LogP contribution is 2.29. The van der Waals surface area contributed by atoms with E-state index >= 15 is 0 Å². The molecule has 0 aliphatic carbocycles. The van der Waals surface area contributed by atoms with Gasteiger partial charge in [0.25, 0.3) is 15.9 Å². The minimum atomic E-state index is -3.94. The number of nitrogens with one attached hydrogen (secondary N) is 2. The summed E-state index contributed by atoms with van der Waals surface area (Å²) in [6.07, 6.45) is -0.0571. The summed E-state index contributed by atoms with van der Waals surface area (Å²) in [5, 5.41) is 0. The van der Waals surface area contributed by atoms with Crippen LogP contribution < -0.4 is 19.7 Å². The highest BCUT2D eigenvalue weighted by atomic mass is 79.9. The van der Waals surface area contributed by atoms with E-state index in [1.165, 1.54) is 25.3 Å². The number of hydrogen-bond donors (Lipinski definition) is 2. The van der Waals surface area contributed by atoms with Crippen LogP contribution in [-0.4, -0.2) is 27.5 Å². The van der Waals surface area contributed by atoms with Gasteiger partial charge in [0.05, 0.1) is 18.1 Å². The summed E-state index contributed by atoms with van der Waals surface area (Å²) in [5.41, 5.74) is 3.32. The molecule has 2 rings (SSSR count). The first-order chi connectivity index (χ1) is 12.6. The fourth-order valence-corrected chi connectivity index (χ4v) is 4.26. The zero-order valence-electron chi connectivity index (χ0n) is 15.4. The van der Waals surface area contributed by atoms with E-state index in [1.807, 2.05) is 20.8 Å². The van der Waals surface area contributed by atoms with Gasteiger partial charge in [-0.25, -0.2) is 8.42 Å². The molecule has 2 N–H and O–H groups in total. The van der Waals surface area contributed by atoms with Gasteiger partial charge in [-0.3, -0.25) is 10.2 Å². The van der Waals surface area contributed by atoms with Gasteiger partial charge in [0.1, 0.15) is 0 Å². The van der Waals surface area contributed by atoms with Gasteiger partial charge in [0.15, 0.2) is 11.5 Å². The zero-order chi connectivity index (χ0) is 20.2. The quantitative estimate of drug-likeness (QED) is 0.623. The number of sulfonamides is 1. The molecular formula is C18H21BrN2O5S. The van der Waals surface area contributed by atoms with Crippen molar-refractivity contribution in [3.05, 3.63) is 52.0 Å². The average molecular weight is 457 g/mol. The topological polar surface area (TPSA) is 93.7 Å². The van der Waals surface area contributed by atoms with Gasteiger partial charge >= 0.3 is 0 Å². The molecule has 0 fully saturated rings. The average Bonchev–Trinajstić information content (AvgIpc) is 2.59. The summed E-state index contributed by atoms with van der Waals surface area (Å²) >= 11 is 3.22. The Labute approximate surface area is 167 Å². The summed E-state index contributed by atoms with van der Waals surface area (Å²) in [5.74, 6) is 0.241. The Kier molecular flexibility index (Phi) is 6.85. The third-order valence-electron chi connectivity index (χ3n) is 3.46. The fraction of sp³-hybridized carbons (Fsp3) is 0.278. The van der Waals surface area contributed by atoms with Crippen molar-refractivity contribution >= 4 is 31.9 Å². The minimum absolute atomic E-state index is 0.0201. The second-order valence-corrected chi connectivity index (χ2v) is 8.53. The monoisotopic (exact) mass is 456 g/mol. The standard InChI is InChI=1S/C18H21BrN2O5S/c1-11(2)26-15-7-6-13(10-16(15)25-4)18(22)20-21-27(23,24)17-8-5-12(3)9-14(17)19/h5-11,21H,1-4H3,(H,20,22). The summed E-state index contributed by atoms with van der Waals surface area (Å²) < 4.78 is 36.0. The Morgan fingerprint density at radius 1 is 1.11 bits per heavy atom. The molecular weight excluding hydrogens is 436 g/mol. The Bertz CT molecular complexity index is 945. The second-order valence-electron chi connectivity index (χ2n) is 6.03. The number of rotatable bonds is 7. The van der Waals surface area contributed by atoms with Crippen LogP contribution in [0.1, 0.15) is 29.8 Å². The molecule has 7 nitrogen and oxygen atoms in total. The van der Waals surface area contributed by atoms with Crippen LogP contribution in [0, 0.1) is 6.92 Å². The van der Waals surface area contributed by atoms with Crippen LogP contribution in [0.25, 0.3) is 0 Å². The van der Waals surface area contributed by atoms with E-state index in [-0.39, 0.29) is 16.6 Å². The number of methoxy groups -OCH3 is 1. The molecule has 0 spiro atoms. The first-order valence-corrected chi connectivity index (χ1v) is 10.3. The molecule has 0 atom stereocenters. The van der Waals surface area contributed by atoms with Crippen LogP contribution in [0.3, 0.4) is 0 Å². The van der Waals surface area contributed by atoms with Crippen molar-refractivity contribution in [2.24, 2.45) is 0 Å². The van der Waals surface area contributed by atoms with Crippen LogP contribution in [0.5, 0.6) is 11.5 Å². The number of aryl methyl sites for hydroxylation is 1. The third kappa shape index (κ3) is 5.44. The Hall–Kier alpha value is -2.10. The summed E-state index contributed by atoms with van der Waals surface area (Å²) in [6.45, 7) is 5.59. The van der Waals surface area contributed by atoms with Crippen molar-refractivity contribution in [2.45, 2.75) is 31.8 Å². The van der Waals surface area contributed by atoms with Crippen molar-refractivity contribution in [3.63, 3.8) is 0 Å². The van der Waals surface area contributed by atoms with Gasteiger partial charge in [-0.05, 0) is 72.6 Å². The normalized spacial score (nSPS) is 11.3. The molecule has 0 heterocycles. The highest BCUT2D eigenvalue weighted by Gasteiger charge is 2.19. The lowest BCUT2D eigenvalue weighted by molar-refractivity contribution is 0.0944. The highest BCUT2D eigenvalue weighted by molar-refractivity contribution is 9.10. The SMILES string of the molecule is COc1cc(C(=O)NNS(=O)(=O)c2ccc(C)cc2Br)ccc1OC(C)C. The van der Waals surface area contributed by atoms with Crippen LogP contribution >= 0.6 is 15.9 Å². The molecule has 0 bridgehead atoms. The molecule has 1 amide bonds. The number of ether oxygens (including phenoxy) is 2. The molecule has 0 aliphatic rings. The molecule has 146 valence electrons. The van der Waals surface area contributed by atoms with Crippen LogP contribution in [0.4, 0.5) is 0 Å². The lowest BCUT2D eigenvalue weighted by Gasteiger charge is -2.15. The van der Waals surface area contributed by atoms with Crippen molar-refractivity contribution in [1.82, 2.24) is 10.3 Å². The number of hydrogen-bond acceptors (Lipinski definition) is 5. The number of carbonyl (C=O) groups is 1. The van der Waals surface area contributed by atoms with E-state index in [9.17, 15) is 13.2 Å². The van der Waals surface area contributed by atoms with Gasteiger partial charge in [-0.1, -0.05) is 6.07 Å². The smallest absolute Gasteiger partial charge is 0.266 e. The first kappa shape index (κ1) is 21.2. The van der Waals surface area contributed by atoms with Crippen molar-refractivity contribution in [3.8, 4) is 11.5 Å². The van der Waals surface area contributed by atoms with E-state index in [4.69, 9.17) is 9.47 Å². The molecule has 0 radical (unpaired) electrons. The summed E-state index contributed by atoms with van der Waals surface area (Å²) in [4.78, 5) is 14.4. The van der Waals surface area contributed by atoms with Gasteiger partial charge in [0.2, 0.25) is 0 Å². The number of halogens is 1. The van der Waals surface area contributed by atoms with Crippen LogP contribution in [0.2, 0.25) is 0 Å². The molecule has 0 aromatic heterocycles. The van der Waals surface area contributed by atoms with E-state index in [2.05, 4.69) is 26.2 Å². The molecule has 0 saturated carbocycles. The number of carbonyl (C=O) groups excluding carboxylic acids is 1. The van der Waals surface area contributed by atoms with E-state index in [1.54, 1.807) is 18.2 Å². The van der Waals surface area contributed by atoms with E-state index in [0.717, 1.165) is 5.56 Å². The predicted molar refractivity (Wildman–Crippen MR) is 105 cm³/mol. The van der Waals surface area contributed by atoms with E-state index < -0.39 is 15.9 Å². The largest absolute Gasteiger partial charge is 0.493 e. The molecule has 2 aromatic carbocycles. The second kappa shape index (κ2) is 8.73. The lowest BCUT2D eigenvalue weighted by Crippen LogP contribution is -2.41. The molecule has 0 unspecified atom stereocenters. The first-order valence-electron chi connectivity index (χ1n) is 8.07. The Morgan fingerprint density at radius 3 is 2.41 bits per heavy atom. The van der Waals surface area contributed by atoms with Crippen LogP contribution in [0.15, 0.2) is 45.8 Å². The van der Waals surface area contributed by atoms with Crippen molar-refractivity contribution < 1.29 is 22.7 Å². The third-order valence-corrected chi connectivity index (χ3v) is 5.69.